The van der Waals surface area contributed by atoms with E-state index in [0.29, 0.717) is 6.54 Å². The predicted molar refractivity (Wildman–Crippen MR) is 73.0 cm³/mol. The molecular formula is C15H15FN2O2. The smallest absolute Gasteiger partial charge is 0.258 e. The van der Waals surface area contributed by atoms with Gasteiger partial charge in [-0.1, -0.05) is 12.1 Å². The lowest BCUT2D eigenvalue weighted by Crippen LogP contribution is -2.27. The number of carbonyl (C=O) groups excluding carboxylic acids is 1. The number of ether oxygens (including phenoxy) is 1. The molecule has 0 unspecified atom stereocenters. The van der Waals surface area contributed by atoms with Gasteiger partial charge in [-0.3, -0.25) is 4.79 Å². The molecule has 2 aromatic rings. The monoisotopic (exact) mass is 274 g/mol. The van der Waals surface area contributed by atoms with E-state index in [2.05, 4.69) is 4.98 Å². The van der Waals surface area contributed by atoms with E-state index < -0.39 is 11.9 Å². The average Bonchev–Trinajstić information content (AvgIpc) is 2.48. The SMILES string of the molecule is COc1ccc(CN(C)C(=O)c2cccnc2F)cc1. The Bertz CT molecular complexity index is 599. The third kappa shape index (κ3) is 3.12. The van der Waals surface area contributed by atoms with Gasteiger partial charge in [0.25, 0.3) is 5.91 Å². The van der Waals surface area contributed by atoms with Gasteiger partial charge in [0.1, 0.15) is 5.75 Å². The van der Waals surface area contributed by atoms with Gasteiger partial charge < -0.3 is 9.64 Å². The molecular weight excluding hydrogens is 259 g/mol. The molecule has 1 heterocycles. The molecule has 1 amide bonds. The van der Waals surface area contributed by atoms with E-state index in [-0.39, 0.29) is 5.56 Å². The average molecular weight is 274 g/mol. The Morgan fingerprint density at radius 3 is 2.60 bits per heavy atom. The van der Waals surface area contributed by atoms with Gasteiger partial charge in [-0.25, -0.2) is 4.98 Å². The highest BCUT2D eigenvalue weighted by atomic mass is 19.1. The number of benzene rings is 1. The molecule has 0 aliphatic heterocycles. The summed E-state index contributed by atoms with van der Waals surface area (Å²) in [6.45, 7) is 0.386. The molecule has 0 spiro atoms. The topological polar surface area (TPSA) is 42.4 Å². The fourth-order valence-electron chi connectivity index (χ4n) is 1.83. The van der Waals surface area contributed by atoms with Crippen LogP contribution in [0, 0.1) is 5.95 Å². The van der Waals surface area contributed by atoms with Crippen molar-refractivity contribution in [2.24, 2.45) is 0 Å². The fraction of sp³-hybridized carbons (Fsp3) is 0.200. The van der Waals surface area contributed by atoms with Crippen LogP contribution < -0.4 is 4.74 Å². The van der Waals surface area contributed by atoms with E-state index in [9.17, 15) is 9.18 Å². The van der Waals surface area contributed by atoms with Gasteiger partial charge in [0, 0.05) is 19.8 Å². The highest BCUT2D eigenvalue weighted by Gasteiger charge is 2.16. The number of carbonyl (C=O) groups is 1. The highest BCUT2D eigenvalue weighted by Crippen LogP contribution is 2.14. The van der Waals surface area contributed by atoms with Gasteiger partial charge in [-0.15, -0.1) is 0 Å². The Labute approximate surface area is 116 Å². The van der Waals surface area contributed by atoms with Crippen molar-refractivity contribution in [1.82, 2.24) is 9.88 Å². The summed E-state index contributed by atoms with van der Waals surface area (Å²) in [4.78, 5) is 17.0. The van der Waals surface area contributed by atoms with Crippen LogP contribution in [-0.2, 0) is 6.54 Å². The normalized spacial score (nSPS) is 10.2. The number of pyridine rings is 1. The number of rotatable bonds is 4. The Morgan fingerprint density at radius 1 is 1.30 bits per heavy atom. The van der Waals surface area contributed by atoms with Gasteiger partial charge in [-0.2, -0.15) is 4.39 Å². The van der Waals surface area contributed by atoms with Crippen LogP contribution in [0.15, 0.2) is 42.6 Å². The predicted octanol–water partition coefficient (Wildman–Crippen LogP) is 2.50. The highest BCUT2D eigenvalue weighted by molar-refractivity contribution is 5.93. The third-order valence-electron chi connectivity index (χ3n) is 2.91. The summed E-state index contributed by atoms with van der Waals surface area (Å²) in [5, 5.41) is 0. The van der Waals surface area contributed by atoms with E-state index >= 15 is 0 Å². The number of aromatic nitrogens is 1. The molecule has 104 valence electrons. The summed E-state index contributed by atoms with van der Waals surface area (Å²) in [6, 6.07) is 10.3. The number of methoxy groups -OCH3 is 1. The Balaban J connectivity index is 2.09. The molecule has 0 bridgehead atoms. The van der Waals surface area contributed by atoms with Crippen molar-refractivity contribution in [1.29, 1.82) is 0 Å². The Hall–Kier alpha value is -2.43. The van der Waals surface area contributed by atoms with Crippen LogP contribution in [0.4, 0.5) is 4.39 Å². The van der Waals surface area contributed by atoms with Crippen LogP contribution in [0.2, 0.25) is 0 Å². The summed E-state index contributed by atoms with van der Waals surface area (Å²) >= 11 is 0. The first-order valence-corrected chi connectivity index (χ1v) is 6.10. The van der Waals surface area contributed by atoms with Crippen LogP contribution in [0.5, 0.6) is 5.75 Å². The molecule has 5 heteroatoms. The van der Waals surface area contributed by atoms with Gasteiger partial charge in [0.2, 0.25) is 5.95 Å². The molecule has 4 nitrogen and oxygen atoms in total. The van der Waals surface area contributed by atoms with Crippen LogP contribution in [-0.4, -0.2) is 29.9 Å². The van der Waals surface area contributed by atoms with Crippen molar-refractivity contribution in [3.05, 3.63) is 59.7 Å². The summed E-state index contributed by atoms with van der Waals surface area (Å²) < 4.78 is 18.5. The number of nitrogens with zero attached hydrogens (tertiary/aromatic N) is 2. The van der Waals surface area contributed by atoms with Crippen molar-refractivity contribution >= 4 is 5.91 Å². The minimum absolute atomic E-state index is 0.0245. The van der Waals surface area contributed by atoms with Crippen molar-refractivity contribution in [2.45, 2.75) is 6.54 Å². The van der Waals surface area contributed by atoms with E-state index in [0.717, 1.165) is 11.3 Å². The molecule has 2 rings (SSSR count). The molecule has 0 aliphatic carbocycles. The maximum absolute atomic E-state index is 13.5. The maximum Gasteiger partial charge on any atom is 0.258 e. The van der Waals surface area contributed by atoms with Crippen LogP contribution in [0.25, 0.3) is 0 Å². The van der Waals surface area contributed by atoms with Gasteiger partial charge in [-0.05, 0) is 29.8 Å². The summed E-state index contributed by atoms with van der Waals surface area (Å²) in [5.41, 5.74) is 0.912. The van der Waals surface area contributed by atoms with Crippen molar-refractivity contribution in [3.63, 3.8) is 0 Å². The lowest BCUT2D eigenvalue weighted by molar-refractivity contribution is 0.0779. The zero-order valence-electron chi connectivity index (χ0n) is 11.3. The minimum Gasteiger partial charge on any atom is -0.497 e. The molecule has 0 saturated carbocycles. The molecule has 0 atom stereocenters. The molecule has 0 N–H and O–H groups in total. The van der Waals surface area contributed by atoms with Gasteiger partial charge >= 0.3 is 0 Å². The quantitative estimate of drug-likeness (QED) is 0.804. The minimum atomic E-state index is -0.751. The summed E-state index contributed by atoms with van der Waals surface area (Å²) in [6.07, 6.45) is 1.32. The first-order chi connectivity index (χ1) is 9.61. The molecule has 1 aromatic heterocycles. The van der Waals surface area contributed by atoms with E-state index in [4.69, 9.17) is 4.74 Å². The molecule has 1 aromatic carbocycles. The van der Waals surface area contributed by atoms with Crippen LogP contribution >= 0.6 is 0 Å². The second kappa shape index (κ2) is 6.14. The first kappa shape index (κ1) is 14.0. The van der Waals surface area contributed by atoms with E-state index in [1.54, 1.807) is 14.2 Å². The molecule has 0 aliphatic rings. The van der Waals surface area contributed by atoms with Crippen molar-refractivity contribution in [2.75, 3.05) is 14.2 Å². The van der Waals surface area contributed by atoms with E-state index in [1.165, 1.54) is 23.2 Å². The number of hydrogen-bond donors (Lipinski definition) is 0. The standard InChI is InChI=1S/C15H15FN2O2/c1-18(10-11-5-7-12(20-2)8-6-11)15(19)13-4-3-9-17-14(13)16/h3-9H,10H2,1-2H3. The first-order valence-electron chi connectivity index (χ1n) is 6.10. The Kier molecular flexibility index (Phi) is 4.30. The number of halogens is 1. The molecule has 0 saturated heterocycles. The second-order valence-electron chi connectivity index (χ2n) is 4.35. The third-order valence-corrected chi connectivity index (χ3v) is 2.91. The van der Waals surface area contributed by atoms with Crippen molar-refractivity contribution in [3.8, 4) is 5.75 Å². The van der Waals surface area contributed by atoms with Crippen molar-refractivity contribution < 1.29 is 13.9 Å². The zero-order valence-corrected chi connectivity index (χ0v) is 11.3. The largest absolute Gasteiger partial charge is 0.497 e. The molecule has 0 fully saturated rings. The van der Waals surface area contributed by atoms with Crippen LogP contribution in [0.3, 0.4) is 0 Å². The Morgan fingerprint density at radius 2 is 2.00 bits per heavy atom. The lowest BCUT2D eigenvalue weighted by Gasteiger charge is -2.17. The number of amides is 1. The van der Waals surface area contributed by atoms with Gasteiger partial charge in [0.05, 0.1) is 12.7 Å². The molecule has 20 heavy (non-hydrogen) atoms. The van der Waals surface area contributed by atoms with E-state index in [1.807, 2.05) is 24.3 Å². The summed E-state index contributed by atoms with van der Waals surface area (Å²) in [5.74, 6) is -0.397. The lowest BCUT2D eigenvalue weighted by atomic mass is 10.2. The fourth-order valence-corrected chi connectivity index (χ4v) is 1.83. The van der Waals surface area contributed by atoms with Gasteiger partial charge in [0.15, 0.2) is 0 Å². The maximum atomic E-state index is 13.5. The second-order valence-corrected chi connectivity index (χ2v) is 4.35. The summed E-state index contributed by atoms with van der Waals surface area (Å²) in [7, 11) is 3.22. The molecule has 0 radical (unpaired) electrons. The zero-order chi connectivity index (χ0) is 14.5. The van der Waals surface area contributed by atoms with Crippen LogP contribution in [0.1, 0.15) is 15.9 Å². The number of hydrogen-bond acceptors (Lipinski definition) is 3.